The molecular formula is C15H16N2O2. The molecule has 0 N–H and O–H groups in total. The minimum atomic E-state index is -0.190. The third kappa shape index (κ3) is 2.07. The number of rotatable bonds is 3. The molecule has 4 nitrogen and oxygen atoms in total. The molecule has 0 spiro atoms. The Morgan fingerprint density at radius 3 is 2.47 bits per heavy atom. The summed E-state index contributed by atoms with van der Waals surface area (Å²) in [6.45, 7) is 0. The predicted molar refractivity (Wildman–Crippen MR) is 70.0 cm³/mol. The number of nitrogens with zero attached hydrogens (tertiary/aromatic N) is 2. The molecule has 3 rings (SSSR count). The second-order valence-corrected chi connectivity index (χ2v) is 5.08. The maximum atomic E-state index is 10.7. The maximum absolute atomic E-state index is 10.7. The zero-order valence-corrected chi connectivity index (χ0v) is 10.7. The molecule has 0 unspecified atom stereocenters. The zero-order chi connectivity index (χ0) is 13.1. The SMILES string of the molecule is O=Cc1nc(C2(c3ccccc3)CCCCC2)no1. The highest BCUT2D eigenvalue weighted by atomic mass is 16.5. The summed E-state index contributed by atoms with van der Waals surface area (Å²) >= 11 is 0. The lowest BCUT2D eigenvalue weighted by Gasteiger charge is -2.34. The fourth-order valence-corrected chi connectivity index (χ4v) is 3.03. The molecule has 19 heavy (non-hydrogen) atoms. The van der Waals surface area contributed by atoms with E-state index < -0.39 is 0 Å². The van der Waals surface area contributed by atoms with Crippen LogP contribution in [0, 0.1) is 0 Å². The van der Waals surface area contributed by atoms with Gasteiger partial charge in [-0.2, -0.15) is 4.98 Å². The van der Waals surface area contributed by atoms with Gasteiger partial charge in [0.05, 0.1) is 5.41 Å². The quantitative estimate of drug-likeness (QED) is 0.792. The van der Waals surface area contributed by atoms with Gasteiger partial charge >= 0.3 is 0 Å². The highest BCUT2D eigenvalue weighted by molar-refractivity contribution is 5.67. The van der Waals surface area contributed by atoms with Crippen LogP contribution in [0.4, 0.5) is 0 Å². The molecule has 1 aliphatic carbocycles. The van der Waals surface area contributed by atoms with Gasteiger partial charge in [0.2, 0.25) is 6.29 Å². The Balaban J connectivity index is 2.08. The first-order valence-electron chi connectivity index (χ1n) is 6.70. The standard InChI is InChI=1S/C15H16N2O2/c18-11-13-16-14(17-19-13)15(9-5-2-6-10-15)12-7-3-1-4-8-12/h1,3-4,7-8,11H,2,5-6,9-10H2. The van der Waals surface area contributed by atoms with E-state index in [1.54, 1.807) is 0 Å². The third-order valence-corrected chi connectivity index (χ3v) is 4.00. The molecule has 0 aliphatic heterocycles. The predicted octanol–water partition coefficient (Wildman–Crippen LogP) is 3.13. The summed E-state index contributed by atoms with van der Waals surface area (Å²) in [6.07, 6.45) is 6.17. The van der Waals surface area contributed by atoms with Crippen molar-refractivity contribution in [3.8, 4) is 0 Å². The van der Waals surface area contributed by atoms with Crippen LogP contribution < -0.4 is 0 Å². The summed E-state index contributed by atoms with van der Waals surface area (Å²) in [6, 6.07) is 10.3. The van der Waals surface area contributed by atoms with Crippen LogP contribution in [0.3, 0.4) is 0 Å². The van der Waals surface area contributed by atoms with Crippen molar-refractivity contribution in [2.24, 2.45) is 0 Å². The Morgan fingerprint density at radius 1 is 1.11 bits per heavy atom. The number of hydrogen-bond donors (Lipinski definition) is 0. The first-order chi connectivity index (χ1) is 9.35. The smallest absolute Gasteiger partial charge is 0.290 e. The number of hydrogen-bond acceptors (Lipinski definition) is 4. The lowest BCUT2D eigenvalue weighted by Crippen LogP contribution is -2.31. The largest absolute Gasteiger partial charge is 0.331 e. The van der Waals surface area contributed by atoms with Crippen molar-refractivity contribution < 1.29 is 9.32 Å². The molecule has 98 valence electrons. The van der Waals surface area contributed by atoms with E-state index in [0.29, 0.717) is 12.1 Å². The highest BCUT2D eigenvalue weighted by Crippen LogP contribution is 2.43. The number of carbonyl (C=O) groups excluding carboxylic acids is 1. The molecule has 1 aliphatic rings. The number of carbonyl (C=O) groups is 1. The van der Waals surface area contributed by atoms with Gasteiger partial charge in [-0.3, -0.25) is 4.79 Å². The summed E-state index contributed by atoms with van der Waals surface area (Å²) < 4.78 is 4.98. The Bertz CT molecular complexity index is 557. The summed E-state index contributed by atoms with van der Waals surface area (Å²) in [5, 5.41) is 4.04. The average molecular weight is 256 g/mol. The van der Waals surface area contributed by atoms with Crippen molar-refractivity contribution in [3.63, 3.8) is 0 Å². The van der Waals surface area contributed by atoms with Crippen molar-refractivity contribution in [1.29, 1.82) is 0 Å². The van der Waals surface area contributed by atoms with Crippen molar-refractivity contribution in [2.45, 2.75) is 37.5 Å². The van der Waals surface area contributed by atoms with Crippen LogP contribution in [0.25, 0.3) is 0 Å². The van der Waals surface area contributed by atoms with E-state index >= 15 is 0 Å². The summed E-state index contributed by atoms with van der Waals surface area (Å²) in [5.74, 6) is 0.719. The number of aromatic nitrogens is 2. The van der Waals surface area contributed by atoms with Gasteiger partial charge in [0.15, 0.2) is 5.82 Å². The first kappa shape index (κ1) is 12.1. The first-order valence-corrected chi connectivity index (χ1v) is 6.70. The summed E-state index contributed by atoms with van der Waals surface area (Å²) in [7, 11) is 0. The summed E-state index contributed by atoms with van der Waals surface area (Å²) in [5.41, 5.74) is 1.03. The molecule has 0 bridgehead atoms. The number of aldehydes is 1. The molecule has 1 aromatic carbocycles. The molecular weight excluding hydrogens is 240 g/mol. The highest BCUT2D eigenvalue weighted by Gasteiger charge is 2.39. The van der Waals surface area contributed by atoms with E-state index in [0.717, 1.165) is 25.7 Å². The van der Waals surface area contributed by atoms with Crippen LogP contribution in [0.15, 0.2) is 34.9 Å². The Morgan fingerprint density at radius 2 is 1.84 bits per heavy atom. The van der Waals surface area contributed by atoms with Gasteiger partial charge in [-0.05, 0) is 18.4 Å². The molecule has 1 heterocycles. The van der Waals surface area contributed by atoms with Crippen LogP contribution in [0.1, 0.15) is 54.2 Å². The topological polar surface area (TPSA) is 56.0 Å². The average Bonchev–Trinajstić information content (AvgIpc) is 2.98. The normalized spacial score (nSPS) is 18.1. The Labute approximate surface area is 111 Å². The van der Waals surface area contributed by atoms with E-state index in [2.05, 4.69) is 22.3 Å². The second-order valence-electron chi connectivity index (χ2n) is 5.08. The molecule has 1 saturated carbocycles. The lowest BCUT2D eigenvalue weighted by molar-refractivity contribution is 0.108. The number of benzene rings is 1. The molecule has 0 radical (unpaired) electrons. The molecule has 1 aromatic heterocycles. The van der Waals surface area contributed by atoms with Crippen LogP contribution in [0.5, 0.6) is 0 Å². The van der Waals surface area contributed by atoms with E-state index in [4.69, 9.17) is 4.52 Å². The van der Waals surface area contributed by atoms with Gasteiger partial charge in [0, 0.05) is 0 Å². The fraction of sp³-hybridized carbons (Fsp3) is 0.400. The lowest BCUT2D eigenvalue weighted by atomic mass is 9.69. The van der Waals surface area contributed by atoms with Crippen LogP contribution in [-0.2, 0) is 5.41 Å². The van der Waals surface area contributed by atoms with E-state index in [9.17, 15) is 4.79 Å². The van der Waals surface area contributed by atoms with Crippen molar-refractivity contribution >= 4 is 6.29 Å². The van der Waals surface area contributed by atoms with Crippen LogP contribution in [0.2, 0.25) is 0 Å². The maximum Gasteiger partial charge on any atom is 0.290 e. The van der Waals surface area contributed by atoms with E-state index in [-0.39, 0.29) is 11.3 Å². The van der Waals surface area contributed by atoms with Gasteiger partial charge in [0.1, 0.15) is 0 Å². The van der Waals surface area contributed by atoms with Crippen molar-refractivity contribution in [1.82, 2.24) is 10.1 Å². The van der Waals surface area contributed by atoms with Crippen LogP contribution in [-0.4, -0.2) is 16.4 Å². The zero-order valence-electron chi connectivity index (χ0n) is 10.7. The van der Waals surface area contributed by atoms with Crippen LogP contribution >= 0.6 is 0 Å². The molecule has 1 fully saturated rings. The second kappa shape index (κ2) is 4.96. The fourth-order valence-electron chi connectivity index (χ4n) is 3.03. The minimum Gasteiger partial charge on any atom is -0.331 e. The summed E-state index contributed by atoms with van der Waals surface area (Å²) in [4.78, 5) is 15.0. The van der Waals surface area contributed by atoms with Gasteiger partial charge in [-0.1, -0.05) is 54.8 Å². The van der Waals surface area contributed by atoms with Crippen molar-refractivity contribution in [2.75, 3.05) is 0 Å². The molecule has 0 saturated heterocycles. The van der Waals surface area contributed by atoms with E-state index in [1.165, 1.54) is 12.0 Å². The van der Waals surface area contributed by atoms with Gasteiger partial charge in [0.25, 0.3) is 5.89 Å². The molecule has 2 aromatic rings. The molecule has 0 amide bonds. The third-order valence-electron chi connectivity index (χ3n) is 4.00. The Hall–Kier alpha value is -1.97. The van der Waals surface area contributed by atoms with Gasteiger partial charge < -0.3 is 4.52 Å². The van der Waals surface area contributed by atoms with E-state index in [1.807, 2.05) is 18.2 Å². The Kier molecular flexibility index (Phi) is 3.15. The van der Waals surface area contributed by atoms with Gasteiger partial charge in [-0.25, -0.2) is 0 Å². The minimum absolute atomic E-state index is 0.0656. The van der Waals surface area contributed by atoms with Crippen molar-refractivity contribution in [3.05, 3.63) is 47.6 Å². The molecule has 0 atom stereocenters. The van der Waals surface area contributed by atoms with Gasteiger partial charge in [-0.15, -0.1) is 0 Å². The monoisotopic (exact) mass is 256 g/mol. The molecule has 4 heteroatoms.